The molecule has 8 heteroatoms. The van der Waals surface area contributed by atoms with E-state index in [4.69, 9.17) is 16.6 Å². The van der Waals surface area contributed by atoms with Gasteiger partial charge in [-0.25, -0.2) is 4.98 Å². The molecule has 1 N–H and O–H groups in total. The fourth-order valence-electron chi connectivity index (χ4n) is 4.14. The second-order valence-electron chi connectivity index (χ2n) is 7.74. The molecular weight excluding hydrogens is 508 g/mol. The lowest BCUT2D eigenvalue weighted by atomic mass is 9.74. The summed E-state index contributed by atoms with van der Waals surface area (Å²) in [6.07, 6.45) is 6.18. The van der Waals surface area contributed by atoms with Crippen molar-refractivity contribution in [3.05, 3.63) is 62.7 Å². The summed E-state index contributed by atoms with van der Waals surface area (Å²) >= 11 is 13.6. The molecule has 1 aromatic carbocycles. The van der Waals surface area contributed by atoms with Crippen LogP contribution in [0.4, 0.5) is 5.69 Å². The summed E-state index contributed by atoms with van der Waals surface area (Å²) in [5.41, 5.74) is 3.24. The molecule has 1 aromatic heterocycles. The Morgan fingerprint density at radius 3 is 2.82 bits per heavy atom. The normalized spacial score (nSPS) is 25.6. The van der Waals surface area contributed by atoms with Gasteiger partial charge in [-0.15, -0.1) is 0 Å². The number of aromatic nitrogens is 2. The number of benzene rings is 1. The molecule has 1 saturated heterocycles. The SMILES string of the molecule is CC1(C)/C=C\C2=Nc3cc(Br)ccc3[C@@]23CC(=O)N3C=C(Cl)c2nc(Br)[nH]c21. The average molecular weight is 523 g/mol. The van der Waals surface area contributed by atoms with Crippen LogP contribution in [0.1, 0.15) is 37.2 Å². The number of aliphatic imine (C=N–C) groups is 1. The van der Waals surface area contributed by atoms with Crippen LogP contribution in [0.2, 0.25) is 0 Å². The van der Waals surface area contributed by atoms with Crippen LogP contribution in [0.3, 0.4) is 0 Å². The quantitative estimate of drug-likeness (QED) is 0.463. The second-order valence-corrected chi connectivity index (χ2v) is 9.82. The zero-order valence-electron chi connectivity index (χ0n) is 15.1. The molecular formula is C20H15Br2ClN4O. The number of β-lactam (4-membered cyclic amide) rings is 1. The standard InChI is InChI=1S/C20H15Br2ClN4O/c1-19(2)6-5-14-20(11-4-3-10(21)7-13(11)24-14)8-15(28)27(20)9-12(23)16-17(19)26-18(22)25-16/h3-7,9H,8H2,1-2H3,(H,25,26)/b6-5-,12-9?/t20-/m0/s1. The number of aromatic amines is 1. The van der Waals surface area contributed by atoms with Gasteiger partial charge >= 0.3 is 0 Å². The first kappa shape index (κ1) is 18.3. The number of carbonyl (C=O) groups excluding carboxylic acids is 1. The van der Waals surface area contributed by atoms with Crippen molar-refractivity contribution in [2.75, 3.05) is 0 Å². The van der Waals surface area contributed by atoms with Gasteiger partial charge in [0.05, 0.1) is 28.5 Å². The van der Waals surface area contributed by atoms with E-state index in [9.17, 15) is 4.79 Å². The highest BCUT2D eigenvalue weighted by Gasteiger charge is 2.58. The minimum atomic E-state index is -0.620. The van der Waals surface area contributed by atoms with Gasteiger partial charge in [0.2, 0.25) is 5.91 Å². The largest absolute Gasteiger partial charge is 0.335 e. The second kappa shape index (κ2) is 5.90. The van der Waals surface area contributed by atoms with Gasteiger partial charge in [-0.2, -0.15) is 0 Å². The predicted molar refractivity (Wildman–Crippen MR) is 117 cm³/mol. The number of carbonyl (C=O) groups is 1. The van der Waals surface area contributed by atoms with Crippen LogP contribution < -0.4 is 0 Å². The molecule has 0 bridgehead atoms. The van der Waals surface area contributed by atoms with Gasteiger partial charge in [-0.3, -0.25) is 9.79 Å². The molecule has 1 atom stereocenters. The number of nitrogens with zero attached hydrogens (tertiary/aromatic N) is 3. The van der Waals surface area contributed by atoms with Crippen LogP contribution >= 0.6 is 43.5 Å². The van der Waals surface area contributed by atoms with Crippen molar-refractivity contribution in [1.29, 1.82) is 0 Å². The predicted octanol–water partition coefficient (Wildman–Crippen LogP) is 5.53. The van der Waals surface area contributed by atoms with Crippen molar-refractivity contribution in [2.24, 2.45) is 4.99 Å². The Balaban J connectivity index is 1.79. The first-order valence-electron chi connectivity index (χ1n) is 8.77. The molecule has 3 aliphatic rings. The van der Waals surface area contributed by atoms with Gasteiger partial charge in [0.1, 0.15) is 11.2 Å². The average Bonchev–Trinajstić information content (AvgIpc) is 3.17. The van der Waals surface area contributed by atoms with Gasteiger partial charge in [-0.05, 0) is 34.1 Å². The Bertz CT molecular complexity index is 1150. The number of hydrogen-bond donors (Lipinski definition) is 1. The number of halogens is 3. The third-order valence-electron chi connectivity index (χ3n) is 5.60. The summed E-state index contributed by atoms with van der Waals surface area (Å²) in [4.78, 5) is 26.9. The maximum Gasteiger partial charge on any atom is 0.230 e. The van der Waals surface area contributed by atoms with E-state index in [1.807, 2.05) is 24.3 Å². The molecule has 3 aliphatic heterocycles. The third kappa shape index (κ3) is 2.39. The molecule has 1 fully saturated rings. The molecule has 0 radical (unpaired) electrons. The highest BCUT2D eigenvalue weighted by atomic mass is 79.9. The fraction of sp³-hybridized carbons (Fsp3) is 0.250. The smallest absolute Gasteiger partial charge is 0.230 e. The zero-order valence-corrected chi connectivity index (χ0v) is 19.0. The molecule has 28 heavy (non-hydrogen) atoms. The van der Waals surface area contributed by atoms with Crippen LogP contribution in [-0.4, -0.2) is 26.5 Å². The summed E-state index contributed by atoms with van der Waals surface area (Å²) in [7, 11) is 0. The Hall–Kier alpha value is -1.70. The maximum atomic E-state index is 12.6. The maximum absolute atomic E-state index is 12.6. The molecule has 5 nitrogen and oxygen atoms in total. The van der Waals surface area contributed by atoms with Gasteiger partial charge < -0.3 is 9.88 Å². The van der Waals surface area contributed by atoms with E-state index >= 15 is 0 Å². The van der Waals surface area contributed by atoms with E-state index in [1.54, 1.807) is 11.1 Å². The number of hydrogen-bond acceptors (Lipinski definition) is 3. The van der Waals surface area contributed by atoms with Crippen LogP contribution in [0.15, 0.2) is 50.7 Å². The van der Waals surface area contributed by atoms with E-state index in [2.05, 4.69) is 61.8 Å². The van der Waals surface area contributed by atoms with E-state index in [1.165, 1.54) is 0 Å². The zero-order chi connectivity index (χ0) is 19.8. The lowest BCUT2D eigenvalue weighted by Gasteiger charge is -2.49. The molecule has 4 heterocycles. The van der Waals surface area contributed by atoms with E-state index in [0.29, 0.717) is 21.9 Å². The summed E-state index contributed by atoms with van der Waals surface area (Å²) in [5.74, 6) is 0.00556. The summed E-state index contributed by atoms with van der Waals surface area (Å²) in [6.45, 7) is 4.18. The molecule has 0 unspecified atom stereocenters. The molecule has 1 spiro atoms. The number of amides is 1. The Kier molecular flexibility index (Phi) is 3.87. The van der Waals surface area contributed by atoms with Crippen molar-refractivity contribution in [3.8, 4) is 0 Å². The topological polar surface area (TPSA) is 61.4 Å². The monoisotopic (exact) mass is 520 g/mol. The summed E-state index contributed by atoms with van der Waals surface area (Å²) in [6, 6.07) is 5.99. The lowest BCUT2D eigenvalue weighted by molar-refractivity contribution is -0.145. The minimum absolute atomic E-state index is 0.00556. The molecule has 142 valence electrons. The molecule has 1 amide bonds. The van der Waals surface area contributed by atoms with Gasteiger partial charge in [-0.1, -0.05) is 53.5 Å². The van der Waals surface area contributed by atoms with E-state index in [-0.39, 0.29) is 11.3 Å². The van der Waals surface area contributed by atoms with Crippen molar-refractivity contribution < 1.29 is 4.79 Å². The number of allylic oxidation sites excluding steroid dienone is 1. The highest BCUT2D eigenvalue weighted by Crippen LogP contribution is 2.53. The van der Waals surface area contributed by atoms with Crippen LogP contribution in [0.25, 0.3) is 5.03 Å². The third-order valence-corrected chi connectivity index (χ3v) is 6.75. The first-order valence-corrected chi connectivity index (χ1v) is 10.7. The Morgan fingerprint density at radius 1 is 1.29 bits per heavy atom. The van der Waals surface area contributed by atoms with E-state index < -0.39 is 5.54 Å². The number of imidazole rings is 1. The Labute approximate surface area is 183 Å². The van der Waals surface area contributed by atoms with Crippen LogP contribution in [0.5, 0.6) is 0 Å². The Morgan fingerprint density at radius 2 is 2.07 bits per heavy atom. The molecule has 2 aromatic rings. The van der Waals surface area contributed by atoms with Crippen molar-refractivity contribution in [2.45, 2.75) is 31.2 Å². The number of rotatable bonds is 0. The summed E-state index contributed by atoms with van der Waals surface area (Å²) < 4.78 is 1.55. The lowest BCUT2D eigenvalue weighted by Crippen LogP contribution is -2.61. The van der Waals surface area contributed by atoms with Crippen molar-refractivity contribution in [1.82, 2.24) is 14.9 Å². The number of fused-ring (bicyclic) bond motifs is 2. The van der Waals surface area contributed by atoms with Gasteiger partial charge in [0, 0.05) is 21.7 Å². The van der Waals surface area contributed by atoms with Gasteiger partial charge in [0.25, 0.3) is 0 Å². The molecule has 0 saturated carbocycles. The number of nitrogens with one attached hydrogen (secondary N) is 1. The molecule has 0 aliphatic carbocycles. The highest BCUT2D eigenvalue weighted by molar-refractivity contribution is 9.10. The summed E-state index contributed by atoms with van der Waals surface area (Å²) in [5, 5.41) is 0.415. The van der Waals surface area contributed by atoms with Crippen molar-refractivity contribution in [3.63, 3.8) is 0 Å². The fourth-order valence-corrected chi connectivity index (χ4v) is 5.10. The van der Waals surface area contributed by atoms with Crippen molar-refractivity contribution >= 4 is 65.8 Å². The molecule has 5 rings (SSSR count). The minimum Gasteiger partial charge on any atom is -0.335 e. The van der Waals surface area contributed by atoms with E-state index in [0.717, 1.165) is 27.1 Å². The number of H-pyrrole nitrogens is 1. The van der Waals surface area contributed by atoms with Crippen LogP contribution in [0, 0.1) is 0 Å². The van der Waals surface area contributed by atoms with Crippen LogP contribution in [-0.2, 0) is 15.7 Å². The van der Waals surface area contributed by atoms with Gasteiger partial charge in [0.15, 0.2) is 4.73 Å². The first-order chi connectivity index (χ1) is 13.2.